The van der Waals surface area contributed by atoms with E-state index in [1.165, 1.54) is 17.0 Å². The first kappa shape index (κ1) is 16.6. The molecular formula is C21H24F3N3O. The summed E-state index contributed by atoms with van der Waals surface area (Å²) in [5.74, 6) is -0.472. The molecule has 1 fully saturated rings. The third-order valence-corrected chi connectivity index (χ3v) is 4.83. The van der Waals surface area contributed by atoms with Crippen molar-refractivity contribution < 1.29 is 22.1 Å². The first-order valence-corrected chi connectivity index (χ1v) is 8.99. The number of halogens is 3. The zero-order valence-corrected chi connectivity index (χ0v) is 15.5. The van der Waals surface area contributed by atoms with Crippen LogP contribution in [-0.2, 0) is 12.7 Å². The van der Waals surface area contributed by atoms with Gasteiger partial charge in [0.2, 0.25) is 0 Å². The summed E-state index contributed by atoms with van der Waals surface area (Å²) in [6, 6.07) is 10.6. The molecule has 0 saturated carbocycles. The molecule has 1 amide bonds. The predicted molar refractivity (Wildman–Crippen MR) is 103 cm³/mol. The standard InChI is InChI=1S/C21H24F3N3O/c1-15-5-3-4-6-18(15)20(28)25-17-8-7-16(19(13-17)21(22,23)24)14-27-11-9-26(2)10-12-27/h3-8,13H,9-12,14H2,1-2H3,(H,25,28)/i2D3. The second kappa shape index (κ2) is 8.32. The highest BCUT2D eigenvalue weighted by Gasteiger charge is 2.34. The van der Waals surface area contributed by atoms with E-state index in [-0.39, 0.29) is 30.9 Å². The van der Waals surface area contributed by atoms with Gasteiger partial charge in [0, 0.05) is 48.1 Å². The summed E-state index contributed by atoms with van der Waals surface area (Å²) in [5.41, 5.74) is 0.463. The van der Waals surface area contributed by atoms with Gasteiger partial charge in [-0.15, -0.1) is 0 Å². The quantitative estimate of drug-likeness (QED) is 0.851. The summed E-state index contributed by atoms with van der Waals surface area (Å²) in [5, 5.41) is 2.54. The SMILES string of the molecule is [2H]C([2H])([2H])N1CCN(Cc2ccc(NC(=O)c3ccccc3C)cc2C(F)(F)F)CC1. The number of nitrogens with one attached hydrogen (secondary N) is 1. The Morgan fingerprint density at radius 1 is 1.14 bits per heavy atom. The van der Waals surface area contributed by atoms with Crippen LogP contribution in [0, 0.1) is 6.92 Å². The number of nitrogens with zero attached hydrogens (tertiary/aromatic N) is 2. The van der Waals surface area contributed by atoms with Crippen LogP contribution in [0.1, 0.15) is 31.2 Å². The largest absolute Gasteiger partial charge is 0.416 e. The van der Waals surface area contributed by atoms with Gasteiger partial charge in [-0.1, -0.05) is 24.3 Å². The van der Waals surface area contributed by atoms with E-state index < -0.39 is 24.6 Å². The van der Waals surface area contributed by atoms with Crippen LogP contribution >= 0.6 is 0 Å². The molecule has 0 spiro atoms. The lowest BCUT2D eigenvalue weighted by atomic mass is 10.0. The molecule has 1 N–H and O–H groups in total. The van der Waals surface area contributed by atoms with Crippen molar-refractivity contribution in [1.29, 1.82) is 0 Å². The molecule has 0 unspecified atom stereocenters. The summed E-state index contributed by atoms with van der Waals surface area (Å²) < 4.78 is 63.5. The Morgan fingerprint density at radius 3 is 2.50 bits per heavy atom. The van der Waals surface area contributed by atoms with Crippen molar-refractivity contribution in [1.82, 2.24) is 9.80 Å². The Bertz CT molecular complexity index is 939. The lowest BCUT2D eigenvalue weighted by Gasteiger charge is -2.33. The molecule has 1 aliphatic rings. The molecule has 3 rings (SSSR count). The number of amides is 1. The van der Waals surface area contributed by atoms with Crippen LogP contribution < -0.4 is 5.32 Å². The molecule has 150 valence electrons. The topological polar surface area (TPSA) is 35.6 Å². The number of likely N-dealkylation sites (N-methyl/N-ethyl adjacent to an activating group) is 1. The summed E-state index contributed by atoms with van der Waals surface area (Å²) in [6.07, 6.45) is -4.58. The minimum atomic E-state index is -4.58. The molecule has 7 heteroatoms. The van der Waals surface area contributed by atoms with Crippen LogP contribution in [0.2, 0.25) is 0 Å². The number of carbonyl (C=O) groups is 1. The molecule has 0 aromatic heterocycles. The number of rotatable bonds is 4. The van der Waals surface area contributed by atoms with Crippen molar-refractivity contribution in [3.05, 3.63) is 64.7 Å². The third-order valence-electron chi connectivity index (χ3n) is 4.83. The van der Waals surface area contributed by atoms with Gasteiger partial charge in [0.15, 0.2) is 0 Å². The van der Waals surface area contributed by atoms with Crippen molar-refractivity contribution >= 4 is 11.6 Å². The van der Waals surface area contributed by atoms with Crippen LogP contribution in [0.25, 0.3) is 0 Å². The van der Waals surface area contributed by atoms with E-state index in [2.05, 4.69) is 5.32 Å². The van der Waals surface area contributed by atoms with E-state index in [1.54, 1.807) is 36.1 Å². The molecule has 2 aromatic carbocycles. The second-order valence-corrected chi connectivity index (χ2v) is 6.90. The fraction of sp³-hybridized carbons (Fsp3) is 0.381. The maximum atomic E-state index is 13.7. The molecule has 0 atom stereocenters. The zero-order valence-electron chi connectivity index (χ0n) is 18.5. The van der Waals surface area contributed by atoms with E-state index in [9.17, 15) is 18.0 Å². The molecule has 4 nitrogen and oxygen atoms in total. The highest BCUT2D eigenvalue weighted by molar-refractivity contribution is 6.05. The van der Waals surface area contributed by atoms with Gasteiger partial charge in [-0.3, -0.25) is 9.69 Å². The van der Waals surface area contributed by atoms with Crippen molar-refractivity contribution in [2.75, 3.05) is 38.5 Å². The van der Waals surface area contributed by atoms with E-state index in [4.69, 9.17) is 4.11 Å². The van der Waals surface area contributed by atoms with Gasteiger partial charge in [-0.05, 0) is 43.2 Å². The van der Waals surface area contributed by atoms with Gasteiger partial charge in [-0.2, -0.15) is 13.2 Å². The van der Waals surface area contributed by atoms with Gasteiger partial charge in [0.25, 0.3) is 5.91 Å². The molecule has 0 bridgehead atoms. The van der Waals surface area contributed by atoms with Crippen LogP contribution in [0.5, 0.6) is 0 Å². The number of benzene rings is 2. The van der Waals surface area contributed by atoms with Crippen molar-refractivity contribution in [2.24, 2.45) is 0 Å². The van der Waals surface area contributed by atoms with Crippen LogP contribution in [0.3, 0.4) is 0 Å². The van der Waals surface area contributed by atoms with Crippen LogP contribution in [-0.4, -0.2) is 48.9 Å². The maximum absolute atomic E-state index is 13.7. The summed E-state index contributed by atoms with van der Waals surface area (Å²) in [6.45, 7) is 0.870. The number of carbonyl (C=O) groups excluding carboxylic acids is 1. The van der Waals surface area contributed by atoms with Gasteiger partial charge in [0.05, 0.1) is 5.56 Å². The number of hydrogen-bond donors (Lipinski definition) is 1. The number of aryl methyl sites for hydroxylation is 1. The summed E-state index contributed by atoms with van der Waals surface area (Å²) in [4.78, 5) is 15.6. The summed E-state index contributed by atoms with van der Waals surface area (Å²) in [7, 11) is 0. The number of piperazine rings is 1. The monoisotopic (exact) mass is 394 g/mol. The lowest BCUT2D eigenvalue weighted by Crippen LogP contribution is -2.44. The van der Waals surface area contributed by atoms with E-state index >= 15 is 0 Å². The Labute approximate surface area is 167 Å². The Balaban J connectivity index is 1.75. The van der Waals surface area contributed by atoms with Gasteiger partial charge < -0.3 is 10.2 Å². The second-order valence-electron chi connectivity index (χ2n) is 6.90. The molecule has 0 radical (unpaired) electrons. The lowest BCUT2D eigenvalue weighted by molar-refractivity contribution is -0.138. The number of alkyl halides is 3. The smallest absolute Gasteiger partial charge is 0.322 e. The van der Waals surface area contributed by atoms with Crippen molar-refractivity contribution in [3.8, 4) is 0 Å². The van der Waals surface area contributed by atoms with Crippen LogP contribution in [0.15, 0.2) is 42.5 Å². The Morgan fingerprint density at radius 2 is 1.86 bits per heavy atom. The van der Waals surface area contributed by atoms with Crippen molar-refractivity contribution in [3.63, 3.8) is 0 Å². The van der Waals surface area contributed by atoms with E-state index in [0.29, 0.717) is 18.7 Å². The fourth-order valence-electron chi connectivity index (χ4n) is 3.23. The normalized spacial score (nSPS) is 18.2. The number of anilines is 1. The molecular weight excluding hydrogens is 367 g/mol. The predicted octanol–water partition coefficient (Wildman–Crippen LogP) is 4.01. The van der Waals surface area contributed by atoms with E-state index in [1.807, 2.05) is 0 Å². The molecule has 1 saturated heterocycles. The minimum absolute atomic E-state index is 0.0513. The Hall–Kier alpha value is -2.38. The fourth-order valence-corrected chi connectivity index (χ4v) is 3.23. The molecule has 2 aromatic rings. The third kappa shape index (κ3) is 4.91. The average Bonchev–Trinajstić information content (AvgIpc) is 2.68. The molecule has 1 aliphatic heterocycles. The first-order valence-electron chi connectivity index (χ1n) is 10.5. The first-order chi connectivity index (χ1) is 14.4. The molecule has 0 aliphatic carbocycles. The van der Waals surface area contributed by atoms with Crippen molar-refractivity contribution in [2.45, 2.75) is 19.6 Å². The average molecular weight is 394 g/mol. The summed E-state index contributed by atoms with van der Waals surface area (Å²) >= 11 is 0. The molecule has 1 heterocycles. The van der Waals surface area contributed by atoms with Gasteiger partial charge in [-0.25, -0.2) is 0 Å². The Kier molecular flexibility index (Phi) is 4.92. The molecule has 28 heavy (non-hydrogen) atoms. The highest BCUT2D eigenvalue weighted by Crippen LogP contribution is 2.34. The van der Waals surface area contributed by atoms with Gasteiger partial charge in [0.1, 0.15) is 0 Å². The highest BCUT2D eigenvalue weighted by atomic mass is 19.4. The number of hydrogen-bond acceptors (Lipinski definition) is 3. The van der Waals surface area contributed by atoms with E-state index in [0.717, 1.165) is 11.6 Å². The van der Waals surface area contributed by atoms with Gasteiger partial charge >= 0.3 is 6.18 Å². The maximum Gasteiger partial charge on any atom is 0.416 e. The minimum Gasteiger partial charge on any atom is -0.322 e. The van der Waals surface area contributed by atoms with Crippen LogP contribution in [0.4, 0.5) is 18.9 Å². The zero-order chi connectivity index (χ0) is 22.8.